The first-order valence-electron chi connectivity index (χ1n) is 6.93. The van der Waals surface area contributed by atoms with E-state index in [1.807, 2.05) is 0 Å². The minimum Gasteiger partial charge on any atom is -0.504 e. The van der Waals surface area contributed by atoms with Gasteiger partial charge < -0.3 is 9.47 Å². The number of nitrogens with one attached hydrogen (secondary N) is 2. The SMILES string of the molecule is CO/C=C(/C(=O)NS(=O)C(F)(F)F)c1ccccc1Oc1ncnc(=S)[nH]1. The molecule has 1 atom stereocenters. The number of aromatic nitrogens is 3. The van der Waals surface area contributed by atoms with Crippen LogP contribution in [0.5, 0.6) is 11.8 Å². The van der Waals surface area contributed by atoms with E-state index in [-0.39, 0.29) is 27.7 Å². The number of methoxy groups -OCH3 is 1. The van der Waals surface area contributed by atoms with Crippen molar-refractivity contribution in [2.45, 2.75) is 5.51 Å². The maximum Gasteiger partial charge on any atom is 0.490 e. The predicted molar refractivity (Wildman–Crippen MR) is 91.1 cm³/mol. The van der Waals surface area contributed by atoms with Gasteiger partial charge in [0.05, 0.1) is 18.9 Å². The second-order valence-corrected chi connectivity index (χ2v) is 6.21. The van der Waals surface area contributed by atoms with E-state index in [4.69, 9.17) is 21.7 Å². The number of benzene rings is 1. The highest BCUT2D eigenvalue weighted by molar-refractivity contribution is 7.84. The lowest BCUT2D eigenvalue weighted by molar-refractivity contribution is -0.114. The quantitative estimate of drug-likeness (QED) is 0.420. The van der Waals surface area contributed by atoms with Gasteiger partial charge in [-0.25, -0.2) is 9.19 Å². The Bertz CT molecular complexity index is 946. The first-order chi connectivity index (χ1) is 12.7. The third-order valence-corrected chi connectivity index (χ3v) is 3.82. The highest BCUT2D eigenvalue weighted by Crippen LogP contribution is 2.29. The fourth-order valence-corrected chi connectivity index (χ4v) is 2.31. The van der Waals surface area contributed by atoms with Crippen LogP contribution in [-0.4, -0.2) is 37.7 Å². The number of hydrogen-bond donors (Lipinski definition) is 2. The van der Waals surface area contributed by atoms with Crippen molar-refractivity contribution in [1.82, 2.24) is 19.7 Å². The van der Waals surface area contributed by atoms with Crippen LogP contribution >= 0.6 is 12.2 Å². The maximum absolute atomic E-state index is 12.4. The van der Waals surface area contributed by atoms with Crippen molar-refractivity contribution < 1.29 is 31.6 Å². The molecule has 1 amide bonds. The van der Waals surface area contributed by atoms with E-state index in [1.165, 1.54) is 30.0 Å². The lowest BCUT2D eigenvalue weighted by Gasteiger charge is -2.13. The average molecular weight is 420 g/mol. The third-order valence-electron chi connectivity index (χ3n) is 2.82. The van der Waals surface area contributed by atoms with Gasteiger partial charge in [-0.15, -0.1) is 0 Å². The number of ether oxygens (including phenoxy) is 2. The Balaban J connectivity index is 2.38. The lowest BCUT2D eigenvalue weighted by atomic mass is 10.1. The molecule has 0 bridgehead atoms. The molecule has 1 unspecified atom stereocenters. The van der Waals surface area contributed by atoms with Gasteiger partial charge in [-0.05, 0) is 18.3 Å². The summed E-state index contributed by atoms with van der Waals surface area (Å²) in [4.78, 5) is 22.2. The minimum absolute atomic E-state index is 0.0538. The van der Waals surface area contributed by atoms with E-state index in [2.05, 4.69) is 15.0 Å². The number of aromatic amines is 1. The number of halogens is 3. The van der Waals surface area contributed by atoms with Crippen molar-refractivity contribution >= 4 is 34.7 Å². The number of alkyl halides is 3. The van der Waals surface area contributed by atoms with Gasteiger partial charge in [0.25, 0.3) is 5.91 Å². The zero-order valence-electron chi connectivity index (χ0n) is 13.4. The molecule has 0 fully saturated rings. The van der Waals surface area contributed by atoms with Crippen LogP contribution in [0.25, 0.3) is 5.57 Å². The monoisotopic (exact) mass is 420 g/mol. The molecule has 144 valence electrons. The average Bonchev–Trinajstić information content (AvgIpc) is 2.59. The van der Waals surface area contributed by atoms with E-state index in [9.17, 15) is 22.2 Å². The summed E-state index contributed by atoms with van der Waals surface area (Å²) >= 11 is 4.84. The lowest BCUT2D eigenvalue weighted by Crippen LogP contribution is -2.35. The summed E-state index contributed by atoms with van der Waals surface area (Å²) in [5, 5.41) is 0. The van der Waals surface area contributed by atoms with Gasteiger partial charge >= 0.3 is 11.5 Å². The second-order valence-electron chi connectivity index (χ2n) is 4.62. The summed E-state index contributed by atoms with van der Waals surface area (Å²) < 4.78 is 60.2. The van der Waals surface area contributed by atoms with Crippen LogP contribution in [0.15, 0.2) is 36.9 Å². The standard InChI is InChI=1S/C14H11F3N4O4S2/c1-24-6-9(11(22)21-27(23)14(15,16)17)8-4-2-3-5-10(8)25-12-18-7-19-13(26)20-12/h2-7H,1H3,(H,21,22)(H,18,19,20,26)/b9-6+. The van der Waals surface area contributed by atoms with Gasteiger partial charge in [0, 0.05) is 5.56 Å². The van der Waals surface area contributed by atoms with E-state index in [1.54, 1.807) is 6.07 Å². The summed E-state index contributed by atoms with van der Waals surface area (Å²) in [7, 11) is -2.40. The number of nitrogens with zero attached hydrogens (tertiary/aromatic N) is 2. The van der Waals surface area contributed by atoms with Gasteiger partial charge in [0.1, 0.15) is 12.1 Å². The van der Waals surface area contributed by atoms with Crippen LogP contribution in [0.2, 0.25) is 0 Å². The summed E-state index contributed by atoms with van der Waals surface area (Å²) in [6.45, 7) is 0. The summed E-state index contributed by atoms with van der Waals surface area (Å²) in [5.41, 5.74) is -5.40. The zero-order valence-corrected chi connectivity index (χ0v) is 15.1. The van der Waals surface area contributed by atoms with Gasteiger partial charge in [0.15, 0.2) is 0 Å². The number of hydrogen-bond acceptors (Lipinski definition) is 7. The van der Waals surface area contributed by atoms with Crippen molar-refractivity contribution in [3.05, 3.63) is 47.2 Å². The molecule has 0 aliphatic rings. The molecule has 0 radical (unpaired) electrons. The van der Waals surface area contributed by atoms with Gasteiger partial charge in [0.2, 0.25) is 15.8 Å². The second kappa shape index (κ2) is 8.73. The predicted octanol–water partition coefficient (Wildman–Crippen LogP) is 2.61. The topological polar surface area (TPSA) is 106 Å². The van der Waals surface area contributed by atoms with Crippen LogP contribution in [0.3, 0.4) is 0 Å². The maximum atomic E-state index is 12.4. The molecule has 2 N–H and O–H groups in total. The Morgan fingerprint density at radius 3 is 2.67 bits per heavy atom. The Morgan fingerprint density at radius 2 is 2.04 bits per heavy atom. The molecule has 0 saturated heterocycles. The molecule has 2 rings (SSSR count). The fourth-order valence-electron chi connectivity index (χ4n) is 1.78. The van der Waals surface area contributed by atoms with Crippen LogP contribution < -0.4 is 9.46 Å². The molecule has 27 heavy (non-hydrogen) atoms. The largest absolute Gasteiger partial charge is 0.504 e. The van der Waals surface area contributed by atoms with Gasteiger partial charge in [-0.1, -0.05) is 18.2 Å². The number of rotatable bonds is 6. The first kappa shape index (κ1) is 20.5. The van der Waals surface area contributed by atoms with Crippen LogP contribution in [0.1, 0.15) is 5.56 Å². The summed E-state index contributed by atoms with van der Waals surface area (Å²) in [6, 6.07) is 5.85. The third kappa shape index (κ3) is 5.59. The molecule has 0 spiro atoms. The number of para-hydroxylation sites is 1. The van der Waals surface area contributed by atoms with Gasteiger partial charge in [-0.2, -0.15) is 18.2 Å². The molecule has 1 aromatic heterocycles. The van der Waals surface area contributed by atoms with Crippen molar-refractivity contribution in [1.29, 1.82) is 0 Å². The van der Waals surface area contributed by atoms with E-state index in [0.29, 0.717) is 0 Å². The Kier molecular flexibility index (Phi) is 6.63. The number of amides is 1. The highest BCUT2D eigenvalue weighted by atomic mass is 32.2. The van der Waals surface area contributed by atoms with Crippen molar-refractivity contribution in [2.75, 3.05) is 7.11 Å². The van der Waals surface area contributed by atoms with Crippen LogP contribution in [0, 0.1) is 4.77 Å². The molecule has 0 aliphatic heterocycles. The van der Waals surface area contributed by atoms with Crippen molar-refractivity contribution in [3.63, 3.8) is 0 Å². The van der Waals surface area contributed by atoms with E-state index >= 15 is 0 Å². The molecule has 13 heteroatoms. The van der Waals surface area contributed by atoms with E-state index < -0.39 is 22.4 Å². The van der Waals surface area contributed by atoms with Crippen molar-refractivity contribution in [3.8, 4) is 11.8 Å². The summed E-state index contributed by atoms with van der Waals surface area (Å²) in [6.07, 6.45) is 2.04. The molecule has 2 aromatic rings. The van der Waals surface area contributed by atoms with Gasteiger partial charge in [-0.3, -0.25) is 14.5 Å². The van der Waals surface area contributed by atoms with Crippen LogP contribution in [0.4, 0.5) is 13.2 Å². The molecular formula is C14H11F3N4O4S2. The molecular weight excluding hydrogens is 409 g/mol. The molecule has 8 nitrogen and oxygen atoms in total. The van der Waals surface area contributed by atoms with Crippen molar-refractivity contribution in [2.24, 2.45) is 0 Å². The Labute approximate surface area is 158 Å². The van der Waals surface area contributed by atoms with E-state index in [0.717, 1.165) is 12.6 Å². The molecule has 0 saturated carbocycles. The molecule has 1 heterocycles. The molecule has 0 aliphatic carbocycles. The normalized spacial score (nSPS) is 13.0. The zero-order chi connectivity index (χ0) is 20.0. The minimum atomic E-state index is -5.11. The summed E-state index contributed by atoms with van der Waals surface area (Å²) in [5.74, 6) is -1.22. The fraction of sp³-hybridized carbons (Fsp3) is 0.143. The highest BCUT2D eigenvalue weighted by Gasteiger charge is 2.39. The number of carbonyl (C=O) groups is 1. The van der Waals surface area contributed by atoms with Crippen LogP contribution in [-0.2, 0) is 20.5 Å². The smallest absolute Gasteiger partial charge is 0.490 e. The Hall–Kier alpha value is -2.80. The number of carbonyl (C=O) groups excluding carboxylic acids is 1. The first-order valence-corrected chi connectivity index (χ1v) is 8.49. The molecule has 1 aromatic carbocycles. The Morgan fingerprint density at radius 1 is 1.33 bits per heavy atom. The number of H-pyrrole nitrogens is 1.